The second kappa shape index (κ2) is 6.69. The Morgan fingerprint density at radius 1 is 1.38 bits per heavy atom. The lowest BCUT2D eigenvalue weighted by Gasteiger charge is -2.10. The maximum Gasteiger partial charge on any atom is 0.335 e. The van der Waals surface area contributed by atoms with Crippen molar-refractivity contribution in [1.82, 2.24) is 9.97 Å². The summed E-state index contributed by atoms with van der Waals surface area (Å²) in [6.07, 6.45) is 3.17. The largest absolute Gasteiger partial charge is 0.478 e. The Kier molecular flexibility index (Phi) is 4.71. The molecule has 2 rings (SSSR count). The number of benzene rings is 1. The molecule has 1 aromatic carbocycles. The number of aromatic carboxylic acids is 1. The predicted molar refractivity (Wildman–Crippen MR) is 78.5 cm³/mol. The van der Waals surface area contributed by atoms with E-state index in [1.165, 1.54) is 0 Å². The summed E-state index contributed by atoms with van der Waals surface area (Å²) < 4.78 is 5.47. The van der Waals surface area contributed by atoms with Crippen molar-refractivity contribution >= 4 is 11.8 Å². The molecule has 0 bridgehead atoms. The van der Waals surface area contributed by atoms with Crippen molar-refractivity contribution in [3.63, 3.8) is 0 Å². The Morgan fingerprint density at radius 3 is 2.90 bits per heavy atom. The first-order valence-corrected chi connectivity index (χ1v) is 6.59. The van der Waals surface area contributed by atoms with Gasteiger partial charge in [0, 0.05) is 6.54 Å². The minimum absolute atomic E-state index is 0.0294. The molecule has 2 N–H and O–H groups in total. The summed E-state index contributed by atoms with van der Waals surface area (Å²) in [5.41, 5.74) is 1.11. The Morgan fingerprint density at radius 2 is 2.19 bits per heavy atom. The molecule has 1 heterocycles. The van der Waals surface area contributed by atoms with Gasteiger partial charge in [0.25, 0.3) is 0 Å². The molecule has 6 nitrogen and oxygen atoms in total. The van der Waals surface area contributed by atoms with Crippen LogP contribution >= 0.6 is 0 Å². The van der Waals surface area contributed by atoms with Crippen LogP contribution in [0.2, 0.25) is 0 Å². The van der Waals surface area contributed by atoms with Crippen LogP contribution in [-0.4, -0.2) is 27.1 Å². The highest BCUT2D eigenvalue weighted by atomic mass is 16.5. The standard InChI is InChI=1S/C15H17N3O3/c1-10(2)21-14-9-16-8-13(18-14)17-7-11-4-3-5-12(6-11)15(19)20/h3-6,8-10H,7H2,1-2H3,(H,17,18)(H,19,20). The monoisotopic (exact) mass is 287 g/mol. The highest BCUT2D eigenvalue weighted by Crippen LogP contribution is 2.12. The number of ether oxygens (including phenoxy) is 1. The minimum Gasteiger partial charge on any atom is -0.478 e. The van der Waals surface area contributed by atoms with Crippen molar-refractivity contribution in [2.75, 3.05) is 5.32 Å². The van der Waals surface area contributed by atoms with Gasteiger partial charge < -0.3 is 15.2 Å². The van der Waals surface area contributed by atoms with Crippen LogP contribution in [0.4, 0.5) is 5.82 Å². The van der Waals surface area contributed by atoms with Gasteiger partial charge in [-0.25, -0.2) is 4.79 Å². The van der Waals surface area contributed by atoms with E-state index >= 15 is 0 Å². The molecule has 110 valence electrons. The maximum absolute atomic E-state index is 10.9. The molecule has 0 saturated carbocycles. The molecule has 21 heavy (non-hydrogen) atoms. The highest BCUT2D eigenvalue weighted by molar-refractivity contribution is 5.87. The third-order valence-corrected chi connectivity index (χ3v) is 2.62. The Balaban J connectivity index is 2.02. The smallest absolute Gasteiger partial charge is 0.335 e. The van der Waals surface area contributed by atoms with E-state index in [1.807, 2.05) is 19.9 Å². The molecule has 0 amide bonds. The molecule has 6 heteroatoms. The van der Waals surface area contributed by atoms with Gasteiger partial charge in [0.05, 0.1) is 24.1 Å². The van der Waals surface area contributed by atoms with Crippen LogP contribution in [0.15, 0.2) is 36.7 Å². The molecular formula is C15H17N3O3. The molecule has 0 spiro atoms. The number of aromatic nitrogens is 2. The first-order chi connectivity index (χ1) is 10.0. The van der Waals surface area contributed by atoms with E-state index in [-0.39, 0.29) is 11.7 Å². The van der Waals surface area contributed by atoms with Crippen molar-refractivity contribution in [1.29, 1.82) is 0 Å². The minimum atomic E-state index is -0.941. The fraction of sp³-hybridized carbons (Fsp3) is 0.267. The average molecular weight is 287 g/mol. The van der Waals surface area contributed by atoms with E-state index in [4.69, 9.17) is 9.84 Å². The van der Waals surface area contributed by atoms with Crippen molar-refractivity contribution in [2.45, 2.75) is 26.5 Å². The Bertz CT molecular complexity index is 629. The van der Waals surface area contributed by atoms with E-state index in [2.05, 4.69) is 15.3 Å². The summed E-state index contributed by atoms with van der Waals surface area (Å²) in [6.45, 7) is 4.29. The van der Waals surface area contributed by atoms with Crippen LogP contribution in [0.5, 0.6) is 5.88 Å². The molecule has 0 aliphatic rings. The van der Waals surface area contributed by atoms with Gasteiger partial charge in [0.2, 0.25) is 5.88 Å². The van der Waals surface area contributed by atoms with Gasteiger partial charge in [-0.2, -0.15) is 4.98 Å². The van der Waals surface area contributed by atoms with Crippen LogP contribution in [0.1, 0.15) is 29.8 Å². The zero-order valence-electron chi connectivity index (χ0n) is 11.9. The normalized spacial score (nSPS) is 10.4. The molecule has 1 aromatic heterocycles. The number of carbonyl (C=O) groups is 1. The van der Waals surface area contributed by atoms with Crippen LogP contribution in [-0.2, 0) is 6.54 Å². The van der Waals surface area contributed by atoms with Gasteiger partial charge in [0.1, 0.15) is 5.82 Å². The van der Waals surface area contributed by atoms with Crippen LogP contribution in [0.3, 0.4) is 0 Å². The molecule has 0 atom stereocenters. The summed E-state index contributed by atoms with van der Waals surface area (Å²) >= 11 is 0. The fourth-order valence-electron chi connectivity index (χ4n) is 1.74. The van der Waals surface area contributed by atoms with Crippen molar-refractivity contribution in [2.24, 2.45) is 0 Å². The molecule has 0 saturated heterocycles. The quantitative estimate of drug-likeness (QED) is 0.849. The molecule has 0 aliphatic carbocycles. The van der Waals surface area contributed by atoms with E-state index in [0.29, 0.717) is 18.2 Å². The van der Waals surface area contributed by atoms with Gasteiger partial charge >= 0.3 is 5.97 Å². The summed E-state index contributed by atoms with van der Waals surface area (Å²) in [5, 5.41) is 12.0. The van der Waals surface area contributed by atoms with Crippen LogP contribution in [0.25, 0.3) is 0 Å². The lowest BCUT2D eigenvalue weighted by Crippen LogP contribution is -2.09. The average Bonchev–Trinajstić information content (AvgIpc) is 2.45. The number of hydrogen-bond donors (Lipinski definition) is 2. The number of hydrogen-bond acceptors (Lipinski definition) is 5. The van der Waals surface area contributed by atoms with Crippen LogP contribution in [0, 0.1) is 0 Å². The molecule has 0 radical (unpaired) electrons. The van der Waals surface area contributed by atoms with Gasteiger partial charge in [-0.3, -0.25) is 4.98 Å². The van der Waals surface area contributed by atoms with Gasteiger partial charge in [-0.15, -0.1) is 0 Å². The predicted octanol–water partition coefficient (Wildman–Crippen LogP) is 2.57. The second-order valence-electron chi connectivity index (χ2n) is 4.77. The number of rotatable bonds is 6. The van der Waals surface area contributed by atoms with Gasteiger partial charge in [0.15, 0.2) is 0 Å². The number of nitrogens with one attached hydrogen (secondary N) is 1. The second-order valence-corrected chi connectivity index (χ2v) is 4.77. The number of carboxylic acid groups (broad SMARTS) is 1. The van der Waals surface area contributed by atoms with Crippen molar-refractivity contribution < 1.29 is 14.6 Å². The lowest BCUT2D eigenvalue weighted by atomic mass is 10.1. The van der Waals surface area contributed by atoms with E-state index < -0.39 is 5.97 Å². The highest BCUT2D eigenvalue weighted by Gasteiger charge is 2.05. The number of carboxylic acids is 1. The van der Waals surface area contributed by atoms with Crippen LogP contribution < -0.4 is 10.1 Å². The summed E-state index contributed by atoms with van der Waals surface area (Å²) in [5.74, 6) is 0.0899. The topological polar surface area (TPSA) is 84.3 Å². The van der Waals surface area contributed by atoms with E-state index in [0.717, 1.165) is 5.56 Å². The molecule has 0 unspecified atom stereocenters. The zero-order valence-corrected chi connectivity index (χ0v) is 11.9. The van der Waals surface area contributed by atoms with Gasteiger partial charge in [-0.1, -0.05) is 12.1 Å². The molecule has 0 fully saturated rings. The Labute approximate surface area is 122 Å². The summed E-state index contributed by atoms with van der Waals surface area (Å²) in [6, 6.07) is 6.74. The van der Waals surface area contributed by atoms with E-state index in [1.54, 1.807) is 30.6 Å². The first kappa shape index (κ1) is 14.8. The zero-order chi connectivity index (χ0) is 15.2. The Hall–Kier alpha value is -2.63. The molecular weight excluding hydrogens is 270 g/mol. The third-order valence-electron chi connectivity index (χ3n) is 2.62. The third kappa shape index (κ3) is 4.45. The van der Waals surface area contributed by atoms with Crippen molar-refractivity contribution in [3.05, 3.63) is 47.8 Å². The SMILES string of the molecule is CC(C)Oc1cncc(NCc2cccc(C(=O)O)c2)n1. The number of nitrogens with zero attached hydrogens (tertiary/aromatic N) is 2. The van der Waals surface area contributed by atoms with Gasteiger partial charge in [-0.05, 0) is 31.5 Å². The van der Waals surface area contributed by atoms with Crippen molar-refractivity contribution in [3.8, 4) is 5.88 Å². The lowest BCUT2D eigenvalue weighted by molar-refractivity contribution is 0.0696. The first-order valence-electron chi connectivity index (χ1n) is 6.59. The molecule has 2 aromatic rings. The fourth-order valence-corrected chi connectivity index (χ4v) is 1.74. The molecule has 0 aliphatic heterocycles. The number of anilines is 1. The summed E-state index contributed by atoms with van der Waals surface area (Å²) in [4.78, 5) is 19.2. The summed E-state index contributed by atoms with van der Waals surface area (Å²) in [7, 11) is 0. The maximum atomic E-state index is 10.9. The van der Waals surface area contributed by atoms with E-state index in [9.17, 15) is 4.79 Å².